The van der Waals surface area contributed by atoms with Crippen molar-refractivity contribution in [1.29, 1.82) is 0 Å². The van der Waals surface area contributed by atoms with E-state index in [1.807, 2.05) is 0 Å². The van der Waals surface area contributed by atoms with Crippen LogP contribution in [-0.2, 0) is 9.53 Å². The number of rotatable bonds is 4. The lowest BCUT2D eigenvalue weighted by molar-refractivity contribution is -0.125. The van der Waals surface area contributed by atoms with E-state index in [-0.39, 0.29) is 11.8 Å². The minimum atomic E-state index is 0.142. The average molecular weight is 200 g/mol. The standard InChI is InChI=1S/C10H20N2O2/c1-8-3-4-9(7-12-8)10(13)11-5-6-14-2/h8-9,12H,3-7H2,1-2H3,(H,11,13)/t8-,9+/m0/s1. The minimum absolute atomic E-state index is 0.142. The van der Waals surface area contributed by atoms with Gasteiger partial charge in [0.15, 0.2) is 0 Å². The third-order valence-electron chi connectivity index (χ3n) is 2.64. The van der Waals surface area contributed by atoms with Crippen LogP contribution in [0.15, 0.2) is 0 Å². The third kappa shape index (κ3) is 3.64. The molecule has 0 aromatic rings. The summed E-state index contributed by atoms with van der Waals surface area (Å²) in [5.41, 5.74) is 0. The molecule has 14 heavy (non-hydrogen) atoms. The van der Waals surface area contributed by atoms with Gasteiger partial charge in [0.25, 0.3) is 0 Å². The maximum atomic E-state index is 11.6. The predicted octanol–water partition coefficient (Wildman–Crippen LogP) is 0.137. The summed E-state index contributed by atoms with van der Waals surface area (Å²) in [4.78, 5) is 11.6. The number of carbonyl (C=O) groups is 1. The lowest BCUT2D eigenvalue weighted by Crippen LogP contribution is -2.44. The molecule has 0 saturated carbocycles. The SMILES string of the molecule is COCCNC(=O)[C@@H]1CC[C@H](C)NC1. The molecule has 1 heterocycles. The maximum absolute atomic E-state index is 11.6. The second kappa shape index (κ2) is 5.98. The lowest BCUT2D eigenvalue weighted by Gasteiger charge is -2.26. The molecule has 0 aliphatic carbocycles. The average Bonchev–Trinajstić information content (AvgIpc) is 2.19. The first-order chi connectivity index (χ1) is 6.74. The normalized spacial score (nSPS) is 27.3. The Bertz CT molecular complexity index is 177. The number of piperidine rings is 1. The van der Waals surface area contributed by atoms with E-state index in [0.717, 1.165) is 19.4 Å². The van der Waals surface area contributed by atoms with Gasteiger partial charge < -0.3 is 15.4 Å². The molecule has 0 aromatic carbocycles. The maximum Gasteiger partial charge on any atom is 0.224 e. The zero-order chi connectivity index (χ0) is 10.4. The van der Waals surface area contributed by atoms with E-state index in [9.17, 15) is 4.79 Å². The Balaban J connectivity index is 2.17. The Labute approximate surface area is 85.4 Å². The molecule has 1 saturated heterocycles. The van der Waals surface area contributed by atoms with Crippen LogP contribution in [0.2, 0.25) is 0 Å². The fourth-order valence-electron chi connectivity index (χ4n) is 1.64. The number of ether oxygens (including phenoxy) is 1. The number of nitrogens with one attached hydrogen (secondary N) is 2. The molecule has 1 aliphatic rings. The molecule has 2 N–H and O–H groups in total. The van der Waals surface area contributed by atoms with Gasteiger partial charge in [-0.25, -0.2) is 0 Å². The van der Waals surface area contributed by atoms with Gasteiger partial charge in [0.1, 0.15) is 0 Å². The van der Waals surface area contributed by atoms with Crippen LogP contribution >= 0.6 is 0 Å². The van der Waals surface area contributed by atoms with Gasteiger partial charge in [0.05, 0.1) is 12.5 Å². The van der Waals surface area contributed by atoms with Gasteiger partial charge in [0.2, 0.25) is 5.91 Å². The lowest BCUT2D eigenvalue weighted by atomic mass is 9.95. The second-order valence-electron chi connectivity index (χ2n) is 3.87. The van der Waals surface area contributed by atoms with Crippen LogP contribution in [0.4, 0.5) is 0 Å². The molecule has 0 radical (unpaired) electrons. The quantitative estimate of drug-likeness (QED) is 0.635. The van der Waals surface area contributed by atoms with Crippen molar-refractivity contribution in [2.24, 2.45) is 5.92 Å². The van der Waals surface area contributed by atoms with Crippen molar-refractivity contribution in [1.82, 2.24) is 10.6 Å². The van der Waals surface area contributed by atoms with Gasteiger partial charge in [-0.05, 0) is 19.8 Å². The molecule has 82 valence electrons. The fraction of sp³-hybridized carbons (Fsp3) is 0.900. The fourth-order valence-corrected chi connectivity index (χ4v) is 1.64. The van der Waals surface area contributed by atoms with Crippen LogP contribution in [0.1, 0.15) is 19.8 Å². The number of hydrogen-bond donors (Lipinski definition) is 2. The summed E-state index contributed by atoms with van der Waals surface area (Å²) >= 11 is 0. The molecule has 0 unspecified atom stereocenters. The zero-order valence-electron chi connectivity index (χ0n) is 9.01. The molecule has 1 amide bonds. The number of amides is 1. The minimum Gasteiger partial charge on any atom is -0.383 e. The Morgan fingerprint density at radius 3 is 2.93 bits per heavy atom. The summed E-state index contributed by atoms with van der Waals surface area (Å²) in [5.74, 6) is 0.296. The highest BCUT2D eigenvalue weighted by molar-refractivity contribution is 5.78. The smallest absolute Gasteiger partial charge is 0.224 e. The third-order valence-corrected chi connectivity index (χ3v) is 2.64. The molecule has 1 fully saturated rings. The molecule has 0 spiro atoms. The molecule has 0 bridgehead atoms. The van der Waals surface area contributed by atoms with Crippen LogP contribution in [0.5, 0.6) is 0 Å². The first-order valence-corrected chi connectivity index (χ1v) is 5.24. The van der Waals surface area contributed by atoms with Crippen LogP contribution < -0.4 is 10.6 Å². The van der Waals surface area contributed by atoms with Crippen molar-refractivity contribution in [2.45, 2.75) is 25.8 Å². The summed E-state index contributed by atoms with van der Waals surface area (Å²) in [5, 5.41) is 6.18. The number of carbonyl (C=O) groups excluding carboxylic acids is 1. The van der Waals surface area contributed by atoms with Gasteiger partial charge in [-0.3, -0.25) is 4.79 Å². The molecule has 1 aliphatic heterocycles. The second-order valence-corrected chi connectivity index (χ2v) is 3.87. The number of methoxy groups -OCH3 is 1. The Hall–Kier alpha value is -0.610. The molecule has 0 aromatic heterocycles. The van der Waals surface area contributed by atoms with Crippen LogP contribution in [0, 0.1) is 5.92 Å². The van der Waals surface area contributed by atoms with E-state index in [1.165, 1.54) is 0 Å². The zero-order valence-corrected chi connectivity index (χ0v) is 9.01. The first-order valence-electron chi connectivity index (χ1n) is 5.24. The van der Waals surface area contributed by atoms with Crippen molar-refractivity contribution >= 4 is 5.91 Å². The van der Waals surface area contributed by atoms with E-state index < -0.39 is 0 Å². The summed E-state index contributed by atoms with van der Waals surface area (Å²) in [6, 6.07) is 0.554. The van der Waals surface area contributed by atoms with Crippen molar-refractivity contribution in [3.05, 3.63) is 0 Å². The van der Waals surface area contributed by atoms with Gasteiger partial charge in [-0.1, -0.05) is 0 Å². The van der Waals surface area contributed by atoms with E-state index in [4.69, 9.17) is 4.74 Å². The molecular formula is C10H20N2O2. The van der Waals surface area contributed by atoms with Gasteiger partial charge in [-0.15, -0.1) is 0 Å². The molecule has 4 heteroatoms. The highest BCUT2D eigenvalue weighted by atomic mass is 16.5. The summed E-state index contributed by atoms with van der Waals surface area (Å²) in [6.07, 6.45) is 2.08. The number of hydrogen-bond acceptors (Lipinski definition) is 3. The van der Waals surface area contributed by atoms with Crippen LogP contribution in [0.3, 0.4) is 0 Å². The Morgan fingerprint density at radius 2 is 2.36 bits per heavy atom. The highest BCUT2D eigenvalue weighted by Crippen LogP contribution is 2.13. The van der Waals surface area contributed by atoms with Crippen molar-refractivity contribution in [3.63, 3.8) is 0 Å². The molecular weight excluding hydrogens is 180 g/mol. The topological polar surface area (TPSA) is 50.4 Å². The monoisotopic (exact) mass is 200 g/mol. The van der Waals surface area contributed by atoms with Crippen molar-refractivity contribution in [3.8, 4) is 0 Å². The first kappa shape index (κ1) is 11.5. The van der Waals surface area contributed by atoms with E-state index in [0.29, 0.717) is 19.2 Å². The molecule has 4 nitrogen and oxygen atoms in total. The highest BCUT2D eigenvalue weighted by Gasteiger charge is 2.23. The Kier molecular flexibility index (Phi) is 4.90. The molecule has 2 atom stereocenters. The largest absolute Gasteiger partial charge is 0.383 e. The molecule has 1 rings (SSSR count). The van der Waals surface area contributed by atoms with E-state index in [2.05, 4.69) is 17.6 Å². The summed E-state index contributed by atoms with van der Waals surface area (Å²) in [7, 11) is 1.63. The van der Waals surface area contributed by atoms with E-state index in [1.54, 1.807) is 7.11 Å². The van der Waals surface area contributed by atoms with Crippen LogP contribution in [0.25, 0.3) is 0 Å². The Morgan fingerprint density at radius 1 is 1.57 bits per heavy atom. The van der Waals surface area contributed by atoms with Gasteiger partial charge in [0, 0.05) is 26.2 Å². The van der Waals surface area contributed by atoms with Crippen LogP contribution in [-0.4, -0.2) is 38.8 Å². The summed E-state index contributed by atoms with van der Waals surface area (Å²) < 4.78 is 4.87. The predicted molar refractivity (Wildman–Crippen MR) is 55.1 cm³/mol. The van der Waals surface area contributed by atoms with Gasteiger partial charge in [-0.2, -0.15) is 0 Å². The van der Waals surface area contributed by atoms with E-state index >= 15 is 0 Å². The van der Waals surface area contributed by atoms with Crippen molar-refractivity contribution < 1.29 is 9.53 Å². The van der Waals surface area contributed by atoms with Gasteiger partial charge >= 0.3 is 0 Å². The van der Waals surface area contributed by atoms with Crippen molar-refractivity contribution in [2.75, 3.05) is 26.8 Å². The summed E-state index contributed by atoms with van der Waals surface area (Å²) in [6.45, 7) is 4.16.